The Hall–Kier alpha value is -11.2. The van der Waals surface area contributed by atoms with E-state index in [1.165, 1.54) is 80.6 Å². The van der Waals surface area contributed by atoms with Crippen molar-refractivity contribution in [3.8, 4) is 28.7 Å². The topological polar surface area (TPSA) is 549 Å². The quantitative estimate of drug-likeness (QED) is 0.00890. The van der Waals surface area contributed by atoms with E-state index in [1.54, 1.807) is 18.2 Å². The average Bonchev–Trinajstić information content (AvgIpc) is 0.797. The minimum Gasteiger partial charge on any atom is -0.748 e. The molecule has 5 unspecified atom stereocenters. The van der Waals surface area contributed by atoms with E-state index < -0.39 is 263 Å². The highest BCUT2D eigenvalue weighted by Gasteiger charge is 2.57. The summed E-state index contributed by atoms with van der Waals surface area (Å²) in [5.74, 6) is -23.3. The van der Waals surface area contributed by atoms with Gasteiger partial charge in [-0.05, 0) is 155 Å². The second kappa shape index (κ2) is 52.9. The predicted molar refractivity (Wildman–Crippen MR) is 487 cm³/mol. The van der Waals surface area contributed by atoms with E-state index in [1.807, 2.05) is 0 Å². The van der Waals surface area contributed by atoms with Crippen LogP contribution in [0.5, 0.6) is 28.7 Å². The number of carbonyl (C=O) groups excluding carboxylic acids is 10. The fourth-order valence-electron chi connectivity index (χ4n) is 16.0. The van der Waals surface area contributed by atoms with Gasteiger partial charge in [-0.3, -0.25) is 19.2 Å². The molecule has 10 radical (unpaired) electrons. The number of benzene rings is 6. The molecule has 5 atom stereocenters. The lowest BCUT2D eigenvalue weighted by Crippen LogP contribution is -2.51. The van der Waals surface area contributed by atoms with Gasteiger partial charge >= 0.3 is 90.6 Å². The van der Waals surface area contributed by atoms with Gasteiger partial charge in [-0.2, -0.15) is 65.9 Å². The number of esters is 10. The Morgan fingerprint density at radius 3 is 0.773 bits per heavy atom. The van der Waals surface area contributed by atoms with Crippen molar-refractivity contribution in [2.24, 2.45) is 40.9 Å². The smallest absolute Gasteiger partial charge is 0.426 e. The van der Waals surface area contributed by atoms with E-state index in [2.05, 4.69) is 23.7 Å². The molecule has 6 saturated carbocycles. The molecule has 812 valence electrons. The molecular formula is C90H87B5F15O35S5-5. The Kier molecular flexibility index (Phi) is 44.4. The van der Waals surface area contributed by atoms with Crippen molar-refractivity contribution in [1.29, 1.82) is 0 Å². The zero-order valence-corrected chi connectivity index (χ0v) is 82.5. The summed E-state index contributed by atoms with van der Waals surface area (Å²) in [5, 5.41) is 0. The van der Waals surface area contributed by atoms with Crippen molar-refractivity contribution < 1.29 is 226 Å². The number of halogens is 15. The summed E-state index contributed by atoms with van der Waals surface area (Å²) >= 11 is 0. The van der Waals surface area contributed by atoms with Crippen LogP contribution in [0.4, 0.5) is 65.9 Å². The van der Waals surface area contributed by atoms with Crippen molar-refractivity contribution in [1.82, 2.24) is 0 Å². The molecule has 6 aliphatic carbocycles. The fraction of sp³-hybridized carbons (Fsp3) is 0.489. The van der Waals surface area contributed by atoms with E-state index in [0.717, 1.165) is 87.8 Å². The van der Waals surface area contributed by atoms with Gasteiger partial charge in [0, 0.05) is 0 Å². The molecule has 0 amide bonds. The maximum absolute atomic E-state index is 13.3. The number of alkyl halides is 15. The zero-order valence-electron chi connectivity index (χ0n) is 78.5. The maximum atomic E-state index is 13.3. The summed E-state index contributed by atoms with van der Waals surface area (Å²) < 4.78 is 404. The zero-order chi connectivity index (χ0) is 113. The molecule has 6 fully saturated rings. The lowest BCUT2D eigenvalue weighted by molar-refractivity contribution is -0.197. The molecular weight excluding hydrogens is 2140 g/mol. The molecule has 6 aliphatic rings. The number of hydrogen-bond acceptors (Lipinski definition) is 35. The van der Waals surface area contributed by atoms with Crippen LogP contribution in [0, 0.1) is 40.9 Å². The van der Waals surface area contributed by atoms with Gasteiger partial charge in [-0.1, -0.05) is 154 Å². The van der Waals surface area contributed by atoms with E-state index in [4.69, 9.17) is 62.9 Å². The number of ether oxygens (including phenoxy) is 10. The first-order valence-electron chi connectivity index (χ1n) is 44.6. The Morgan fingerprint density at radius 2 is 0.547 bits per heavy atom. The van der Waals surface area contributed by atoms with Crippen LogP contribution in [0.1, 0.15) is 200 Å². The molecule has 35 nitrogen and oxygen atoms in total. The largest absolute Gasteiger partial charge is 0.748 e. The van der Waals surface area contributed by atoms with Crippen molar-refractivity contribution in [3.63, 3.8) is 0 Å². The minimum absolute atomic E-state index is 0.00289. The summed E-state index contributed by atoms with van der Waals surface area (Å²) in [5.41, 5.74) is -1.15. The molecule has 6 aromatic carbocycles. The third-order valence-electron chi connectivity index (χ3n) is 23.0. The predicted octanol–water partition coefficient (Wildman–Crippen LogP) is 11.4. The Morgan fingerprint density at radius 1 is 0.320 bits per heavy atom. The van der Waals surface area contributed by atoms with Gasteiger partial charge in [0.25, 0.3) is 0 Å². The van der Waals surface area contributed by atoms with Crippen LogP contribution in [0.2, 0.25) is 0 Å². The third kappa shape index (κ3) is 40.1. The maximum Gasteiger partial charge on any atom is 0.426 e. The second-order valence-electron chi connectivity index (χ2n) is 35.0. The highest BCUT2D eigenvalue weighted by molar-refractivity contribution is 7.86. The molecule has 150 heavy (non-hydrogen) atoms. The lowest BCUT2D eigenvalue weighted by atomic mass is 9.49. The number of rotatable bonds is 35. The highest BCUT2D eigenvalue weighted by atomic mass is 32.2. The third-order valence-corrected chi connectivity index (χ3v) is 26.5. The summed E-state index contributed by atoms with van der Waals surface area (Å²) in [7, 11) is 0.848. The molecule has 12 rings (SSSR count). The van der Waals surface area contributed by atoms with Gasteiger partial charge in [0.15, 0.2) is 0 Å². The normalized spacial score (nSPS) is 18.0. The summed E-state index contributed by atoms with van der Waals surface area (Å²) in [6.45, 7) is 2.98. The first-order valence-corrected chi connectivity index (χ1v) is 52.5. The van der Waals surface area contributed by atoms with Crippen LogP contribution in [-0.2, 0) is 125 Å². The summed E-state index contributed by atoms with van der Waals surface area (Å²) in [6.07, 6.45) is -30.5. The van der Waals surface area contributed by atoms with E-state index >= 15 is 0 Å². The molecule has 0 aliphatic heterocycles. The SMILES string of the molecule is [B]Cc1ccc(C(=O)OC(CS(=O)(=O)[O-])C(F)(F)F)c(OC(=O)C(C)C)c1.[B]Cc1ccc(C(=O)OC(CS(=O)(=O)[O-])C(F)(F)F)c(OC(=O)C23CC4CC(CC(C4)C2)C3)c1.[B]Cc1ccc(C(=O)OC(CS(=O)(=O)[O-])C(F)(F)F)c(OC(=O)C2CCCC2)c1.[B]Cc1ccc(C(=O)OC(CS(=O)(=O)[O-])C(F)(F)F)c(OC(=O)C2CCCCC2)c1.[B]Cc1ccc(C(=O)OC(CS(=O)(=O)[O-])C(F)(F)F)c(OC(=O)c2ccccc2)c1. The van der Waals surface area contributed by atoms with E-state index in [0.29, 0.717) is 90.5 Å². The number of hydrogen-bond donors (Lipinski definition) is 0. The van der Waals surface area contributed by atoms with Crippen LogP contribution in [0.3, 0.4) is 0 Å². The van der Waals surface area contributed by atoms with E-state index in [-0.39, 0.29) is 54.4 Å². The Bertz CT molecular complexity index is 6390. The van der Waals surface area contributed by atoms with Crippen molar-refractivity contribution in [3.05, 3.63) is 183 Å². The van der Waals surface area contributed by atoms with Gasteiger partial charge in [0.1, 0.15) is 56.6 Å². The Labute approximate surface area is 855 Å². The standard InChI is InChI=1S/C22H24BF3O7S.C18H20BF3O7S.C18H14BF3O7S.C17H18BF3O7S.C15H16BF3O7S/c23-10-12-1-2-16(19(27)33-18(22(24,25)26)11-34(29,30)31)17(6-12)32-20(28)21-7-13-3-14(8-21)5-15(4-13)9-21;2*19-9-11-6-7-13(14(8-11)28-16(23)12-4-2-1-3-5-12)17(24)29-15(18(20,21)22)10-30(25,26)27;18-8-10-5-6-12(13(7-10)27-15(22)11-3-1-2-4-11)16(23)28-14(17(19,20)21)9-29(24,25)26;1-8(2)13(20)25-11-5-9(6-16)3-4-10(11)14(21)26-12(15(17,18)19)7-27(22,23)24/h1-2,6,13-15,18H,3-5,7-11H2,(H,29,30,31);6-8,12,15H,1-5,9-10H2,(H,25,26,27);1-8,15H,9-10H2,(H,25,26,27);5-7,11,14H,1-4,8-9H2,(H,24,25,26);3-5,8,12H,6-7H2,1-2H3,(H,22,23,24)/p-5. The monoisotopic (exact) mass is 2230 g/mol. The first-order chi connectivity index (χ1) is 69.2. The molecule has 6 aromatic rings. The molecule has 4 bridgehead atoms. The van der Waals surface area contributed by atoms with Crippen LogP contribution in [0.25, 0.3) is 0 Å². The van der Waals surface area contributed by atoms with Gasteiger partial charge < -0.3 is 70.1 Å². The van der Waals surface area contributed by atoms with Crippen LogP contribution >= 0.6 is 0 Å². The molecule has 0 spiro atoms. The van der Waals surface area contributed by atoms with Crippen molar-refractivity contribution in [2.75, 3.05) is 28.8 Å². The van der Waals surface area contributed by atoms with Crippen molar-refractivity contribution >= 4 is 150 Å². The van der Waals surface area contributed by atoms with Gasteiger partial charge in [0.2, 0.25) is 30.5 Å². The minimum atomic E-state index is -5.36. The Balaban J connectivity index is 0.000000254. The highest BCUT2D eigenvalue weighted by Crippen LogP contribution is 2.61. The van der Waals surface area contributed by atoms with Gasteiger partial charge in [-0.15, -0.1) is 0 Å². The first kappa shape index (κ1) is 126. The van der Waals surface area contributed by atoms with Gasteiger partial charge in [-0.25, -0.2) is 70.9 Å². The summed E-state index contributed by atoms with van der Waals surface area (Å²) in [4.78, 5) is 124. The molecule has 0 N–H and O–H groups in total. The van der Waals surface area contributed by atoms with Crippen LogP contribution in [-0.4, -0.2) is 254 Å². The van der Waals surface area contributed by atoms with Gasteiger partial charge in [0.05, 0.1) is 147 Å². The molecule has 60 heteroatoms. The fourth-order valence-corrected chi connectivity index (χ4v) is 19.2. The van der Waals surface area contributed by atoms with Crippen molar-refractivity contribution in [2.45, 2.75) is 203 Å². The van der Waals surface area contributed by atoms with E-state index in [9.17, 15) is 179 Å². The molecule has 0 aromatic heterocycles. The second-order valence-corrected chi connectivity index (χ2v) is 42.3. The summed E-state index contributed by atoms with van der Waals surface area (Å²) in [6, 6.07) is 25.4. The van der Waals surface area contributed by atoms with Crippen LogP contribution in [0.15, 0.2) is 121 Å². The average molecular weight is 2230 g/mol. The number of carbonyl (C=O) groups is 10. The lowest BCUT2D eigenvalue weighted by Gasteiger charge is -2.55. The molecule has 0 saturated heterocycles. The van der Waals surface area contributed by atoms with Crippen LogP contribution < -0.4 is 23.7 Å². The molecule has 0 heterocycles.